The van der Waals surface area contributed by atoms with Crippen molar-refractivity contribution in [1.82, 2.24) is 19.6 Å². The number of furan rings is 1. The molecule has 3 aromatic heterocycles. The lowest BCUT2D eigenvalue weighted by molar-refractivity contribution is 0.0992. The van der Waals surface area contributed by atoms with Crippen LogP contribution in [0.25, 0.3) is 0 Å². The minimum Gasteiger partial charge on any atom is -0.482 e. The van der Waals surface area contributed by atoms with Crippen LogP contribution in [0.2, 0.25) is 25.1 Å². The number of aryl methyl sites for hydroxylation is 1. The van der Waals surface area contributed by atoms with Gasteiger partial charge in [-0.05, 0) is 26.0 Å². The lowest BCUT2D eigenvalue weighted by Gasteiger charge is -2.12. The number of ether oxygens (including phenoxy) is 1. The smallest absolute Gasteiger partial charge is 0.291 e. The molecule has 4 rings (SSSR count). The van der Waals surface area contributed by atoms with E-state index in [1.807, 2.05) is 24.7 Å². The number of benzene rings is 1. The molecule has 0 aliphatic heterocycles. The first-order chi connectivity index (χ1) is 16.7. The Bertz CT molecular complexity index is 1370. The molecular weight excluding hydrogens is 560 g/mol. The Kier molecular flexibility index (Phi) is 7.88. The highest BCUT2D eigenvalue weighted by atomic mass is 35.5. The average molecular weight is 578 g/mol. The van der Waals surface area contributed by atoms with Crippen LogP contribution >= 0.6 is 58.0 Å². The van der Waals surface area contributed by atoms with Crippen LogP contribution in [0.15, 0.2) is 35.1 Å². The van der Waals surface area contributed by atoms with Crippen LogP contribution in [0.3, 0.4) is 0 Å². The van der Waals surface area contributed by atoms with E-state index in [9.17, 15) is 4.79 Å². The topological polar surface area (TPSA) is 87.1 Å². The third kappa shape index (κ3) is 5.42. The summed E-state index contributed by atoms with van der Waals surface area (Å²) in [6.07, 6.45) is 5.10. The number of aromatic nitrogens is 4. The van der Waals surface area contributed by atoms with E-state index in [4.69, 9.17) is 67.2 Å². The van der Waals surface area contributed by atoms with Crippen LogP contribution in [0.5, 0.6) is 5.75 Å². The molecule has 3 heterocycles. The quantitative estimate of drug-likeness (QED) is 0.178. The minimum absolute atomic E-state index is 0.0184. The number of carbonyl (C=O) groups is 1. The predicted molar refractivity (Wildman–Crippen MR) is 136 cm³/mol. The maximum Gasteiger partial charge on any atom is 0.291 e. The van der Waals surface area contributed by atoms with Crippen molar-refractivity contribution in [3.63, 3.8) is 0 Å². The molecule has 1 aromatic carbocycles. The van der Waals surface area contributed by atoms with Crippen molar-refractivity contribution in [2.24, 2.45) is 0 Å². The first-order valence-electron chi connectivity index (χ1n) is 10.3. The summed E-state index contributed by atoms with van der Waals surface area (Å²) in [6, 6.07) is 3.11. The molecule has 0 aliphatic rings. The van der Waals surface area contributed by atoms with Gasteiger partial charge in [0.2, 0.25) is 0 Å². The second kappa shape index (κ2) is 10.7. The van der Waals surface area contributed by atoms with Gasteiger partial charge < -0.3 is 14.5 Å². The van der Waals surface area contributed by atoms with Crippen molar-refractivity contribution in [1.29, 1.82) is 0 Å². The van der Waals surface area contributed by atoms with Gasteiger partial charge in [-0.3, -0.25) is 14.2 Å². The zero-order chi connectivity index (χ0) is 25.3. The maximum atomic E-state index is 12.6. The first kappa shape index (κ1) is 25.7. The van der Waals surface area contributed by atoms with Gasteiger partial charge in [-0.1, -0.05) is 58.0 Å². The molecule has 4 aromatic rings. The highest BCUT2D eigenvalue weighted by molar-refractivity contribution is 6.55. The summed E-state index contributed by atoms with van der Waals surface area (Å²) >= 11 is 30.4. The summed E-state index contributed by atoms with van der Waals surface area (Å²) in [4.78, 5) is 12.6. The summed E-state index contributed by atoms with van der Waals surface area (Å²) in [6.45, 7) is 5.29. The third-order valence-corrected chi connectivity index (χ3v) is 7.38. The van der Waals surface area contributed by atoms with Crippen LogP contribution in [-0.4, -0.2) is 25.5 Å². The van der Waals surface area contributed by atoms with Gasteiger partial charge >= 0.3 is 0 Å². The van der Waals surface area contributed by atoms with Crippen molar-refractivity contribution in [3.05, 3.63) is 78.6 Å². The van der Waals surface area contributed by atoms with Crippen LogP contribution in [0.4, 0.5) is 5.69 Å². The van der Waals surface area contributed by atoms with Gasteiger partial charge in [-0.2, -0.15) is 10.2 Å². The Balaban J connectivity index is 1.38. The lowest BCUT2D eigenvalue weighted by Crippen LogP contribution is -2.10. The van der Waals surface area contributed by atoms with Gasteiger partial charge in [0, 0.05) is 24.0 Å². The second-order valence-corrected chi connectivity index (χ2v) is 9.30. The van der Waals surface area contributed by atoms with Crippen LogP contribution < -0.4 is 10.1 Å². The van der Waals surface area contributed by atoms with E-state index >= 15 is 0 Å². The molecule has 1 amide bonds. The van der Waals surface area contributed by atoms with Crippen molar-refractivity contribution in [3.8, 4) is 5.75 Å². The second-order valence-electron chi connectivity index (χ2n) is 7.41. The van der Waals surface area contributed by atoms with Gasteiger partial charge in [-0.15, -0.1) is 0 Å². The summed E-state index contributed by atoms with van der Waals surface area (Å²) < 4.78 is 14.8. The van der Waals surface area contributed by atoms with Gasteiger partial charge in [0.15, 0.2) is 11.5 Å². The third-order valence-electron chi connectivity index (χ3n) is 5.14. The van der Waals surface area contributed by atoms with Gasteiger partial charge in [-0.25, -0.2) is 0 Å². The summed E-state index contributed by atoms with van der Waals surface area (Å²) in [5.74, 6) is 0.0473. The molecule has 1 N–H and O–H groups in total. The number of hydrogen-bond donors (Lipinski definition) is 1. The molecule has 184 valence electrons. The summed E-state index contributed by atoms with van der Waals surface area (Å²) in [5, 5.41) is 11.5. The Morgan fingerprint density at radius 1 is 1.03 bits per heavy atom. The molecule has 0 atom stereocenters. The molecule has 0 bridgehead atoms. The molecule has 0 saturated carbocycles. The predicted octanol–water partition coefficient (Wildman–Crippen LogP) is 7.15. The standard InChI is InChI=1S/C22H18Cl5N5O3/c1-3-32-11(2)12(6-29-32)8-31-9-13(7-28-31)30-22(33)15-5-4-14(35-15)10-34-21-19(26)17(24)16(23)18(25)20(21)27/h4-7,9H,3,8,10H2,1-2H3,(H,30,33). The SMILES string of the molecule is CCn1ncc(Cn2cc(NC(=O)c3ccc(COc4c(Cl)c(Cl)c(Cl)c(Cl)c4Cl)o3)cn2)c1C. The molecule has 0 unspecified atom stereocenters. The summed E-state index contributed by atoms with van der Waals surface area (Å²) in [5.41, 5.74) is 2.64. The number of hydrogen-bond acceptors (Lipinski definition) is 5. The van der Waals surface area contributed by atoms with Gasteiger partial charge in [0.25, 0.3) is 5.91 Å². The van der Waals surface area contributed by atoms with E-state index in [1.54, 1.807) is 23.1 Å². The molecule has 0 spiro atoms. The van der Waals surface area contributed by atoms with Crippen molar-refractivity contribution >= 4 is 69.6 Å². The Morgan fingerprint density at radius 3 is 2.37 bits per heavy atom. The number of carbonyl (C=O) groups excluding carboxylic acids is 1. The summed E-state index contributed by atoms with van der Waals surface area (Å²) in [7, 11) is 0. The molecule has 35 heavy (non-hydrogen) atoms. The van der Waals surface area contributed by atoms with E-state index in [0.29, 0.717) is 18.0 Å². The van der Waals surface area contributed by atoms with Gasteiger partial charge in [0.05, 0.1) is 39.7 Å². The van der Waals surface area contributed by atoms with E-state index in [-0.39, 0.29) is 43.2 Å². The molecular formula is C22H18Cl5N5O3. The average Bonchev–Trinajstić information content (AvgIpc) is 3.58. The highest BCUT2D eigenvalue weighted by Gasteiger charge is 2.21. The monoisotopic (exact) mass is 575 g/mol. The molecule has 0 radical (unpaired) electrons. The molecule has 8 nitrogen and oxygen atoms in total. The first-order valence-corrected chi connectivity index (χ1v) is 12.2. The number of nitrogens with zero attached hydrogens (tertiary/aromatic N) is 4. The molecule has 13 heteroatoms. The Hall–Kier alpha value is -2.36. The number of amides is 1. The van der Waals surface area contributed by atoms with Crippen LogP contribution in [0.1, 0.15) is 34.5 Å². The minimum atomic E-state index is -0.445. The molecule has 0 aliphatic carbocycles. The van der Waals surface area contributed by atoms with Crippen LogP contribution in [-0.2, 0) is 19.7 Å². The van der Waals surface area contributed by atoms with E-state index in [1.165, 1.54) is 6.07 Å². The fourth-order valence-corrected chi connectivity index (χ4v) is 4.50. The van der Waals surface area contributed by atoms with E-state index < -0.39 is 5.91 Å². The zero-order valence-corrected chi connectivity index (χ0v) is 22.2. The normalized spacial score (nSPS) is 11.2. The lowest BCUT2D eigenvalue weighted by atomic mass is 10.2. The number of nitrogens with one attached hydrogen (secondary N) is 1. The molecule has 0 saturated heterocycles. The van der Waals surface area contributed by atoms with E-state index in [2.05, 4.69) is 15.5 Å². The number of rotatable bonds is 8. The number of anilines is 1. The van der Waals surface area contributed by atoms with E-state index in [0.717, 1.165) is 17.8 Å². The van der Waals surface area contributed by atoms with Crippen molar-refractivity contribution in [2.75, 3.05) is 5.32 Å². The fourth-order valence-electron chi connectivity index (χ4n) is 3.27. The van der Waals surface area contributed by atoms with Crippen molar-refractivity contribution in [2.45, 2.75) is 33.5 Å². The van der Waals surface area contributed by atoms with Gasteiger partial charge in [0.1, 0.15) is 22.4 Å². The highest BCUT2D eigenvalue weighted by Crippen LogP contribution is 2.48. The van der Waals surface area contributed by atoms with Crippen molar-refractivity contribution < 1.29 is 13.9 Å². The Labute approximate surface area is 225 Å². The molecule has 0 fully saturated rings. The number of halogens is 5. The zero-order valence-electron chi connectivity index (χ0n) is 18.4. The fraction of sp³-hybridized carbons (Fsp3) is 0.227. The largest absolute Gasteiger partial charge is 0.482 e. The van der Waals surface area contributed by atoms with Crippen LogP contribution in [0, 0.1) is 6.92 Å². The maximum absolute atomic E-state index is 12.6. The Morgan fingerprint density at radius 2 is 1.71 bits per heavy atom.